The standard InChI is InChI=1S/C19H29N3O2/c1-13(20)14-8-7-11-22(12-14)17(23)15-9-5-6-10-16(15)21-18(24)19(2,3)4/h5-6,9-10,13-14H,7-8,11-12,20H2,1-4H3,(H,21,24). The first kappa shape index (κ1) is 18.5. The smallest absolute Gasteiger partial charge is 0.255 e. The zero-order valence-electron chi connectivity index (χ0n) is 15.1. The maximum absolute atomic E-state index is 13.0. The van der Waals surface area contributed by atoms with Gasteiger partial charge in [-0.05, 0) is 37.8 Å². The minimum atomic E-state index is -0.513. The Labute approximate surface area is 144 Å². The highest BCUT2D eigenvalue weighted by molar-refractivity contribution is 6.04. The van der Waals surface area contributed by atoms with Crippen LogP contribution in [0.4, 0.5) is 5.69 Å². The average Bonchev–Trinajstić information content (AvgIpc) is 2.54. The van der Waals surface area contributed by atoms with Crippen molar-refractivity contribution in [3.8, 4) is 0 Å². The molecule has 132 valence electrons. The summed E-state index contributed by atoms with van der Waals surface area (Å²) in [6.07, 6.45) is 2.03. The third kappa shape index (κ3) is 4.35. The molecule has 2 unspecified atom stereocenters. The number of amides is 2. The van der Waals surface area contributed by atoms with Crippen molar-refractivity contribution in [3.63, 3.8) is 0 Å². The number of piperidine rings is 1. The second-order valence-corrected chi connectivity index (χ2v) is 7.76. The normalized spacial score (nSPS) is 19.7. The predicted octanol–water partition coefficient (Wildman–Crippen LogP) is 2.87. The molecular formula is C19H29N3O2. The Morgan fingerprint density at radius 2 is 1.96 bits per heavy atom. The van der Waals surface area contributed by atoms with E-state index in [1.54, 1.807) is 12.1 Å². The number of hydrogen-bond donors (Lipinski definition) is 2. The van der Waals surface area contributed by atoms with Crippen molar-refractivity contribution in [2.75, 3.05) is 18.4 Å². The molecule has 1 aromatic carbocycles. The Hall–Kier alpha value is -1.88. The molecule has 0 radical (unpaired) electrons. The molecule has 1 fully saturated rings. The van der Waals surface area contributed by atoms with E-state index in [4.69, 9.17) is 5.73 Å². The van der Waals surface area contributed by atoms with Gasteiger partial charge < -0.3 is 16.0 Å². The first-order valence-corrected chi connectivity index (χ1v) is 8.65. The minimum Gasteiger partial charge on any atom is -0.338 e. The first-order valence-electron chi connectivity index (χ1n) is 8.65. The van der Waals surface area contributed by atoms with Crippen LogP contribution in [0.1, 0.15) is 50.9 Å². The number of nitrogens with one attached hydrogen (secondary N) is 1. The third-order valence-electron chi connectivity index (χ3n) is 4.58. The van der Waals surface area contributed by atoms with E-state index in [0.29, 0.717) is 23.7 Å². The number of likely N-dealkylation sites (tertiary alicyclic amines) is 1. The maximum Gasteiger partial charge on any atom is 0.255 e. The monoisotopic (exact) mass is 331 g/mol. The molecule has 5 heteroatoms. The number of carbonyl (C=O) groups is 2. The van der Waals surface area contributed by atoms with Gasteiger partial charge in [0.05, 0.1) is 11.3 Å². The third-order valence-corrected chi connectivity index (χ3v) is 4.58. The minimum absolute atomic E-state index is 0.0369. The van der Waals surface area contributed by atoms with Crippen molar-refractivity contribution >= 4 is 17.5 Å². The molecule has 5 nitrogen and oxygen atoms in total. The topological polar surface area (TPSA) is 75.4 Å². The van der Waals surface area contributed by atoms with Crippen LogP contribution in [0.5, 0.6) is 0 Å². The molecule has 2 rings (SSSR count). The van der Waals surface area contributed by atoms with E-state index >= 15 is 0 Å². The Balaban J connectivity index is 2.19. The van der Waals surface area contributed by atoms with Gasteiger partial charge in [0.2, 0.25) is 5.91 Å². The van der Waals surface area contributed by atoms with Gasteiger partial charge in [-0.1, -0.05) is 32.9 Å². The summed E-state index contributed by atoms with van der Waals surface area (Å²) in [4.78, 5) is 27.1. The Bertz CT molecular complexity index is 605. The molecule has 24 heavy (non-hydrogen) atoms. The Morgan fingerprint density at radius 1 is 1.29 bits per heavy atom. The van der Waals surface area contributed by atoms with E-state index < -0.39 is 5.41 Å². The van der Waals surface area contributed by atoms with E-state index in [0.717, 1.165) is 19.4 Å². The molecule has 0 saturated carbocycles. The number of para-hydroxylation sites is 1. The molecule has 0 aliphatic carbocycles. The number of hydrogen-bond acceptors (Lipinski definition) is 3. The number of rotatable bonds is 3. The van der Waals surface area contributed by atoms with Crippen LogP contribution in [0.2, 0.25) is 0 Å². The van der Waals surface area contributed by atoms with E-state index in [2.05, 4.69) is 5.32 Å². The summed E-state index contributed by atoms with van der Waals surface area (Å²) in [5.41, 5.74) is 6.62. The molecular weight excluding hydrogens is 302 g/mol. The maximum atomic E-state index is 13.0. The van der Waals surface area contributed by atoms with Gasteiger partial charge in [0.1, 0.15) is 0 Å². The summed E-state index contributed by atoms with van der Waals surface area (Å²) in [7, 11) is 0. The van der Waals surface area contributed by atoms with Crippen molar-refractivity contribution in [1.82, 2.24) is 4.90 Å². The lowest BCUT2D eigenvalue weighted by atomic mass is 9.91. The Kier molecular flexibility index (Phi) is 5.65. The van der Waals surface area contributed by atoms with E-state index in [1.807, 2.05) is 44.7 Å². The van der Waals surface area contributed by atoms with Gasteiger partial charge in [-0.15, -0.1) is 0 Å². The molecule has 2 atom stereocenters. The van der Waals surface area contributed by atoms with Crippen LogP contribution in [-0.4, -0.2) is 35.8 Å². The van der Waals surface area contributed by atoms with Crippen LogP contribution in [0, 0.1) is 11.3 Å². The van der Waals surface area contributed by atoms with Gasteiger partial charge in [0.25, 0.3) is 5.91 Å². The van der Waals surface area contributed by atoms with Crippen molar-refractivity contribution < 1.29 is 9.59 Å². The highest BCUT2D eigenvalue weighted by Crippen LogP contribution is 2.25. The van der Waals surface area contributed by atoms with Crippen molar-refractivity contribution in [2.45, 2.75) is 46.6 Å². The van der Waals surface area contributed by atoms with E-state index in [-0.39, 0.29) is 17.9 Å². The second-order valence-electron chi connectivity index (χ2n) is 7.76. The van der Waals surface area contributed by atoms with Crippen molar-refractivity contribution in [3.05, 3.63) is 29.8 Å². The number of anilines is 1. The van der Waals surface area contributed by atoms with Gasteiger partial charge in [-0.25, -0.2) is 0 Å². The quantitative estimate of drug-likeness (QED) is 0.894. The number of carbonyl (C=O) groups excluding carboxylic acids is 2. The number of nitrogens with two attached hydrogens (primary N) is 1. The molecule has 1 saturated heterocycles. The van der Waals surface area contributed by atoms with Crippen LogP contribution in [0.25, 0.3) is 0 Å². The molecule has 3 N–H and O–H groups in total. The van der Waals surface area contributed by atoms with E-state index in [1.165, 1.54) is 0 Å². The average molecular weight is 331 g/mol. The SMILES string of the molecule is CC(N)C1CCCN(C(=O)c2ccccc2NC(=O)C(C)(C)C)C1. The van der Waals surface area contributed by atoms with Gasteiger partial charge >= 0.3 is 0 Å². The molecule has 1 aliphatic rings. The van der Waals surface area contributed by atoms with E-state index in [9.17, 15) is 9.59 Å². The summed E-state index contributed by atoms with van der Waals surface area (Å²) in [6, 6.07) is 7.29. The summed E-state index contributed by atoms with van der Waals surface area (Å²) in [6.45, 7) is 8.97. The molecule has 0 aromatic heterocycles. The summed E-state index contributed by atoms with van der Waals surface area (Å²) < 4.78 is 0. The molecule has 0 spiro atoms. The fraction of sp³-hybridized carbons (Fsp3) is 0.579. The van der Waals surface area contributed by atoms with Crippen LogP contribution in [0.3, 0.4) is 0 Å². The van der Waals surface area contributed by atoms with Crippen molar-refractivity contribution in [2.24, 2.45) is 17.1 Å². The lowest BCUT2D eigenvalue weighted by Gasteiger charge is -2.35. The summed E-state index contributed by atoms with van der Waals surface area (Å²) in [5, 5.41) is 2.89. The first-order chi connectivity index (χ1) is 11.2. The fourth-order valence-electron chi connectivity index (χ4n) is 2.88. The molecule has 0 bridgehead atoms. The van der Waals surface area contributed by atoms with Gasteiger partial charge in [0.15, 0.2) is 0 Å². The highest BCUT2D eigenvalue weighted by atomic mass is 16.2. The lowest BCUT2D eigenvalue weighted by Crippen LogP contribution is -2.45. The van der Waals surface area contributed by atoms with Crippen molar-refractivity contribution in [1.29, 1.82) is 0 Å². The fourth-order valence-corrected chi connectivity index (χ4v) is 2.88. The molecule has 1 aromatic rings. The van der Waals surface area contributed by atoms with Crippen LogP contribution in [-0.2, 0) is 4.79 Å². The predicted molar refractivity (Wildman–Crippen MR) is 96.8 cm³/mol. The summed E-state index contributed by atoms with van der Waals surface area (Å²) >= 11 is 0. The van der Waals surface area contributed by atoms with Gasteiger partial charge in [-0.2, -0.15) is 0 Å². The van der Waals surface area contributed by atoms with Crippen LogP contribution in [0.15, 0.2) is 24.3 Å². The Morgan fingerprint density at radius 3 is 2.58 bits per heavy atom. The zero-order chi connectivity index (χ0) is 17.9. The molecule has 1 aliphatic heterocycles. The lowest BCUT2D eigenvalue weighted by molar-refractivity contribution is -0.123. The van der Waals surface area contributed by atoms with Crippen LogP contribution >= 0.6 is 0 Å². The number of nitrogens with zero attached hydrogens (tertiary/aromatic N) is 1. The van der Waals surface area contributed by atoms with Gasteiger partial charge in [-0.3, -0.25) is 9.59 Å². The molecule has 2 amide bonds. The second kappa shape index (κ2) is 7.34. The van der Waals surface area contributed by atoms with Crippen LogP contribution < -0.4 is 11.1 Å². The molecule has 1 heterocycles. The largest absolute Gasteiger partial charge is 0.338 e. The van der Waals surface area contributed by atoms with Gasteiger partial charge in [0, 0.05) is 24.5 Å². The summed E-state index contributed by atoms with van der Waals surface area (Å²) in [5.74, 6) is 0.194. The zero-order valence-corrected chi connectivity index (χ0v) is 15.1. The number of benzene rings is 1. The highest BCUT2D eigenvalue weighted by Gasteiger charge is 2.28.